The van der Waals surface area contributed by atoms with Gasteiger partial charge in [0.25, 0.3) is 0 Å². The zero-order valence-electron chi connectivity index (χ0n) is 15.1. The van der Waals surface area contributed by atoms with Crippen molar-refractivity contribution in [1.82, 2.24) is 9.29 Å². The van der Waals surface area contributed by atoms with Crippen LogP contribution in [0.25, 0.3) is 0 Å². The Labute approximate surface area is 155 Å². The Morgan fingerprint density at radius 3 is 2.54 bits per heavy atom. The third kappa shape index (κ3) is 3.23. The molecule has 2 aromatic rings. The van der Waals surface area contributed by atoms with Crippen molar-refractivity contribution in [2.24, 2.45) is 0 Å². The van der Waals surface area contributed by atoms with Crippen molar-refractivity contribution >= 4 is 15.8 Å². The van der Waals surface area contributed by atoms with Crippen LogP contribution in [0, 0.1) is 6.92 Å². The van der Waals surface area contributed by atoms with E-state index >= 15 is 0 Å². The molecular weight excluding hydrogens is 346 g/mol. The van der Waals surface area contributed by atoms with E-state index in [0.717, 1.165) is 42.6 Å². The van der Waals surface area contributed by atoms with E-state index < -0.39 is 10.0 Å². The number of benzene rings is 1. The first-order chi connectivity index (χ1) is 12.6. The van der Waals surface area contributed by atoms with Crippen LogP contribution in [0.5, 0.6) is 0 Å². The van der Waals surface area contributed by atoms with Crippen LogP contribution < -0.4 is 5.32 Å². The van der Waals surface area contributed by atoms with Crippen LogP contribution in [0.2, 0.25) is 0 Å². The molecule has 4 rings (SSSR count). The number of aromatic nitrogens is 1. The maximum Gasteiger partial charge on any atom is 0.243 e. The molecule has 1 aromatic carbocycles. The molecule has 2 fully saturated rings. The van der Waals surface area contributed by atoms with E-state index in [1.54, 1.807) is 22.6 Å². The van der Waals surface area contributed by atoms with Gasteiger partial charge in [0.05, 0.1) is 10.9 Å². The molecule has 1 N–H and O–H groups in total. The topological polar surface area (TPSA) is 62.3 Å². The van der Waals surface area contributed by atoms with Gasteiger partial charge in [-0.2, -0.15) is 4.31 Å². The van der Waals surface area contributed by atoms with Crippen molar-refractivity contribution in [2.45, 2.75) is 56.0 Å². The number of pyridine rings is 1. The number of rotatable bonds is 5. The minimum atomic E-state index is -3.51. The van der Waals surface area contributed by atoms with Gasteiger partial charge in [0.15, 0.2) is 0 Å². The molecule has 1 aromatic heterocycles. The Kier molecular flexibility index (Phi) is 4.71. The summed E-state index contributed by atoms with van der Waals surface area (Å²) < 4.78 is 28.1. The summed E-state index contributed by atoms with van der Waals surface area (Å²) in [6.07, 6.45) is 7.04. The molecule has 2 heterocycles. The van der Waals surface area contributed by atoms with Crippen LogP contribution in [0.1, 0.15) is 49.3 Å². The van der Waals surface area contributed by atoms with Crippen molar-refractivity contribution < 1.29 is 8.42 Å². The Bertz CT molecular complexity index is 876. The van der Waals surface area contributed by atoms with Crippen LogP contribution in [0.4, 0.5) is 5.82 Å². The summed E-state index contributed by atoms with van der Waals surface area (Å²) in [4.78, 5) is 4.88. The quantitative estimate of drug-likeness (QED) is 0.866. The first kappa shape index (κ1) is 17.5. The van der Waals surface area contributed by atoms with E-state index in [0.29, 0.717) is 17.5 Å². The molecular formula is C20H25N3O2S. The largest absolute Gasteiger partial charge is 0.367 e. The van der Waals surface area contributed by atoms with Crippen molar-refractivity contribution in [1.29, 1.82) is 0 Å². The van der Waals surface area contributed by atoms with Gasteiger partial charge < -0.3 is 5.32 Å². The van der Waals surface area contributed by atoms with E-state index in [4.69, 9.17) is 0 Å². The molecule has 1 atom stereocenters. The lowest BCUT2D eigenvalue weighted by atomic mass is 9.93. The number of aryl methyl sites for hydroxylation is 1. The molecule has 2 aliphatic rings. The lowest BCUT2D eigenvalue weighted by Gasteiger charge is -2.30. The predicted molar refractivity (Wildman–Crippen MR) is 103 cm³/mol. The molecule has 26 heavy (non-hydrogen) atoms. The fourth-order valence-electron chi connectivity index (χ4n) is 3.74. The fourth-order valence-corrected chi connectivity index (χ4v) is 5.41. The predicted octanol–water partition coefficient (Wildman–Crippen LogP) is 3.88. The summed E-state index contributed by atoms with van der Waals surface area (Å²) >= 11 is 0. The molecule has 1 saturated heterocycles. The van der Waals surface area contributed by atoms with E-state index in [1.807, 2.05) is 31.2 Å². The number of anilines is 1. The van der Waals surface area contributed by atoms with Crippen LogP contribution in [-0.2, 0) is 10.0 Å². The van der Waals surface area contributed by atoms with Crippen LogP contribution in [0.15, 0.2) is 47.5 Å². The molecule has 0 unspecified atom stereocenters. The number of hydrogen-bond acceptors (Lipinski definition) is 4. The molecule has 0 amide bonds. The van der Waals surface area contributed by atoms with Crippen molar-refractivity contribution in [3.05, 3.63) is 53.7 Å². The molecule has 6 heteroatoms. The second-order valence-corrected chi connectivity index (χ2v) is 9.19. The van der Waals surface area contributed by atoms with Crippen molar-refractivity contribution in [3.8, 4) is 0 Å². The Hall–Kier alpha value is -1.92. The van der Waals surface area contributed by atoms with Gasteiger partial charge >= 0.3 is 0 Å². The molecule has 1 saturated carbocycles. The summed E-state index contributed by atoms with van der Waals surface area (Å²) in [5.41, 5.74) is 2.05. The average Bonchev–Trinajstić information content (AvgIpc) is 3.09. The van der Waals surface area contributed by atoms with Gasteiger partial charge in [-0.3, -0.25) is 0 Å². The van der Waals surface area contributed by atoms with Crippen LogP contribution in [-0.4, -0.2) is 30.3 Å². The van der Waals surface area contributed by atoms with Gasteiger partial charge in [-0.25, -0.2) is 13.4 Å². The molecule has 5 nitrogen and oxygen atoms in total. The zero-order valence-corrected chi connectivity index (χ0v) is 15.9. The van der Waals surface area contributed by atoms with Crippen molar-refractivity contribution in [2.75, 3.05) is 11.9 Å². The highest BCUT2D eigenvalue weighted by Crippen LogP contribution is 2.39. The molecule has 0 spiro atoms. The Morgan fingerprint density at radius 2 is 1.85 bits per heavy atom. The minimum Gasteiger partial charge on any atom is -0.367 e. The molecule has 1 aliphatic heterocycles. The SMILES string of the molecule is Cc1ccc(S(=O)(=O)N2CCC[C@H]2c2cccnc2NC2CCC2)cc1. The highest BCUT2D eigenvalue weighted by Gasteiger charge is 2.37. The average molecular weight is 372 g/mol. The summed E-state index contributed by atoms with van der Waals surface area (Å²) in [7, 11) is -3.51. The fraction of sp³-hybridized carbons (Fsp3) is 0.450. The maximum atomic E-state index is 13.2. The highest BCUT2D eigenvalue weighted by molar-refractivity contribution is 7.89. The van der Waals surface area contributed by atoms with E-state index in [9.17, 15) is 8.42 Å². The summed E-state index contributed by atoms with van der Waals surface area (Å²) in [6, 6.07) is 11.3. The number of sulfonamides is 1. The monoisotopic (exact) mass is 371 g/mol. The van der Waals surface area contributed by atoms with Crippen LogP contribution in [0.3, 0.4) is 0 Å². The van der Waals surface area contributed by atoms with Gasteiger partial charge in [-0.05, 0) is 57.2 Å². The van der Waals surface area contributed by atoms with E-state index in [1.165, 1.54) is 6.42 Å². The van der Waals surface area contributed by atoms with E-state index in [-0.39, 0.29) is 6.04 Å². The molecule has 138 valence electrons. The van der Waals surface area contributed by atoms with Gasteiger partial charge in [0.2, 0.25) is 10.0 Å². The second kappa shape index (κ2) is 7.00. The standard InChI is InChI=1S/C20H25N3O2S/c1-15-9-11-17(12-10-15)26(24,25)23-14-4-8-19(23)18-7-3-13-21-20(18)22-16-5-2-6-16/h3,7,9-13,16,19H,2,4-6,8,14H2,1H3,(H,21,22)/t19-/m0/s1. The van der Waals surface area contributed by atoms with E-state index in [2.05, 4.69) is 10.3 Å². The third-order valence-corrected chi connectivity index (χ3v) is 7.40. The lowest BCUT2D eigenvalue weighted by molar-refractivity contribution is 0.395. The number of nitrogens with one attached hydrogen (secondary N) is 1. The van der Waals surface area contributed by atoms with Crippen molar-refractivity contribution in [3.63, 3.8) is 0 Å². The summed E-state index contributed by atoms with van der Waals surface area (Å²) in [6.45, 7) is 2.52. The normalized spacial score (nSPS) is 21.5. The lowest BCUT2D eigenvalue weighted by Crippen LogP contribution is -2.32. The van der Waals surface area contributed by atoms with Gasteiger partial charge in [0.1, 0.15) is 5.82 Å². The minimum absolute atomic E-state index is 0.155. The number of nitrogens with zero attached hydrogens (tertiary/aromatic N) is 2. The van der Waals surface area contributed by atoms with Gasteiger partial charge in [-0.1, -0.05) is 23.8 Å². The third-order valence-electron chi connectivity index (χ3n) is 5.48. The Morgan fingerprint density at radius 1 is 1.08 bits per heavy atom. The maximum absolute atomic E-state index is 13.2. The molecule has 0 bridgehead atoms. The number of hydrogen-bond donors (Lipinski definition) is 1. The first-order valence-electron chi connectivity index (χ1n) is 9.36. The van der Waals surface area contributed by atoms with Crippen LogP contribution >= 0.6 is 0 Å². The molecule has 1 aliphatic carbocycles. The summed E-state index contributed by atoms with van der Waals surface area (Å²) in [5, 5.41) is 3.51. The first-order valence-corrected chi connectivity index (χ1v) is 10.8. The smallest absolute Gasteiger partial charge is 0.243 e. The summed E-state index contributed by atoms with van der Waals surface area (Å²) in [5.74, 6) is 0.841. The van der Waals surface area contributed by atoms with Gasteiger partial charge in [-0.15, -0.1) is 0 Å². The van der Waals surface area contributed by atoms with Gasteiger partial charge in [0, 0.05) is 24.3 Å². The molecule has 0 radical (unpaired) electrons. The highest BCUT2D eigenvalue weighted by atomic mass is 32.2. The second-order valence-electron chi connectivity index (χ2n) is 7.30. The zero-order chi connectivity index (χ0) is 18.1. The Balaban J connectivity index is 1.65.